The van der Waals surface area contributed by atoms with E-state index in [9.17, 15) is 9.59 Å². The quantitative estimate of drug-likeness (QED) is 0.364. The van der Waals surface area contributed by atoms with Crippen molar-refractivity contribution in [1.29, 1.82) is 0 Å². The lowest BCUT2D eigenvalue weighted by atomic mass is 10.2. The lowest BCUT2D eigenvalue weighted by Gasteiger charge is -2.11. The molecular formula is C24H22ClN3O5. The van der Waals surface area contributed by atoms with Crippen LogP contribution in [0.2, 0.25) is 5.02 Å². The van der Waals surface area contributed by atoms with Gasteiger partial charge in [0.2, 0.25) is 0 Å². The summed E-state index contributed by atoms with van der Waals surface area (Å²) in [4.78, 5) is 24.4. The fourth-order valence-corrected chi connectivity index (χ4v) is 3.03. The van der Waals surface area contributed by atoms with Crippen molar-refractivity contribution in [3.05, 3.63) is 82.9 Å². The average Bonchev–Trinajstić information content (AvgIpc) is 2.83. The maximum atomic E-state index is 12.2. The summed E-state index contributed by atoms with van der Waals surface area (Å²) in [7, 11) is 3.05. The molecule has 0 saturated carbocycles. The Bertz CT molecular complexity index is 1170. The third-order valence-electron chi connectivity index (χ3n) is 4.41. The van der Waals surface area contributed by atoms with E-state index < -0.39 is 0 Å². The first-order chi connectivity index (χ1) is 16.0. The Morgan fingerprint density at radius 3 is 2.55 bits per heavy atom. The standard InChI is InChI=1S/C24H22ClN3O5/c1-31-18-7-5-6-17(13-18)24(30)28-26-14-16-10-11-21(19(25)12-16)33-15-23(29)27-20-8-3-4-9-22(20)32-2/h3-14H,15H2,1-2H3,(H,27,29)(H,28,30)/b26-14+. The van der Waals surface area contributed by atoms with E-state index in [0.717, 1.165) is 0 Å². The summed E-state index contributed by atoms with van der Waals surface area (Å²) < 4.78 is 15.8. The fraction of sp³-hybridized carbons (Fsp3) is 0.125. The second kappa shape index (κ2) is 11.5. The van der Waals surface area contributed by atoms with Gasteiger partial charge >= 0.3 is 0 Å². The number of nitrogens with one attached hydrogen (secondary N) is 2. The number of carbonyl (C=O) groups is 2. The number of halogens is 1. The molecule has 0 heterocycles. The van der Waals surface area contributed by atoms with Crippen LogP contribution >= 0.6 is 11.6 Å². The van der Waals surface area contributed by atoms with Gasteiger partial charge < -0.3 is 19.5 Å². The number of hydrogen-bond donors (Lipinski definition) is 2. The van der Waals surface area contributed by atoms with Gasteiger partial charge in [-0.2, -0.15) is 5.10 Å². The van der Waals surface area contributed by atoms with E-state index in [1.54, 1.807) is 66.7 Å². The van der Waals surface area contributed by atoms with E-state index in [1.165, 1.54) is 20.4 Å². The molecular weight excluding hydrogens is 446 g/mol. The lowest BCUT2D eigenvalue weighted by molar-refractivity contribution is -0.118. The van der Waals surface area contributed by atoms with Crippen LogP contribution in [0.25, 0.3) is 0 Å². The minimum absolute atomic E-state index is 0.234. The van der Waals surface area contributed by atoms with Crippen LogP contribution < -0.4 is 25.0 Å². The average molecular weight is 468 g/mol. The van der Waals surface area contributed by atoms with Gasteiger partial charge in [-0.1, -0.05) is 29.8 Å². The molecule has 2 amide bonds. The van der Waals surface area contributed by atoms with Crippen LogP contribution in [0.5, 0.6) is 17.2 Å². The molecule has 0 aliphatic rings. The van der Waals surface area contributed by atoms with E-state index in [-0.39, 0.29) is 18.4 Å². The molecule has 9 heteroatoms. The number of benzene rings is 3. The molecule has 170 valence electrons. The smallest absolute Gasteiger partial charge is 0.271 e. The van der Waals surface area contributed by atoms with E-state index >= 15 is 0 Å². The summed E-state index contributed by atoms with van der Waals surface area (Å²) in [6.07, 6.45) is 1.45. The number of nitrogens with zero attached hydrogens (tertiary/aromatic N) is 1. The van der Waals surface area contributed by atoms with Gasteiger partial charge in [0.1, 0.15) is 17.2 Å². The van der Waals surface area contributed by atoms with E-state index in [0.29, 0.717) is 39.1 Å². The third kappa shape index (κ3) is 6.72. The minimum atomic E-state index is -0.378. The van der Waals surface area contributed by atoms with Crippen molar-refractivity contribution >= 4 is 35.3 Å². The predicted molar refractivity (Wildman–Crippen MR) is 127 cm³/mol. The number of amides is 2. The number of hydrazone groups is 1. The topological polar surface area (TPSA) is 98.3 Å². The molecule has 3 rings (SSSR count). The SMILES string of the molecule is COc1cccc(C(=O)N/N=C/c2ccc(OCC(=O)Nc3ccccc3OC)c(Cl)c2)c1. The van der Waals surface area contributed by atoms with Crippen molar-refractivity contribution in [2.75, 3.05) is 26.1 Å². The van der Waals surface area contributed by atoms with Gasteiger partial charge in [-0.15, -0.1) is 0 Å². The molecule has 3 aromatic carbocycles. The first-order valence-electron chi connectivity index (χ1n) is 9.83. The van der Waals surface area contributed by atoms with Crippen LogP contribution in [0.3, 0.4) is 0 Å². The molecule has 0 aromatic heterocycles. The highest BCUT2D eigenvalue weighted by atomic mass is 35.5. The largest absolute Gasteiger partial charge is 0.497 e. The van der Waals surface area contributed by atoms with Gasteiger partial charge in [-0.05, 0) is 54.1 Å². The Morgan fingerprint density at radius 2 is 1.79 bits per heavy atom. The van der Waals surface area contributed by atoms with Crippen molar-refractivity contribution in [3.63, 3.8) is 0 Å². The van der Waals surface area contributed by atoms with Gasteiger partial charge in [0.25, 0.3) is 11.8 Å². The number of carbonyl (C=O) groups excluding carboxylic acids is 2. The minimum Gasteiger partial charge on any atom is -0.497 e. The normalized spacial score (nSPS) is 10.5. The van der Waals surface area contributed by atoms with Crippen molar-refractivity contribution in [2.24, 2.45) is 5.10 Å². The summed E-state index contributed by atoms with van der Waals surface area (Å²) in [5, 5.41) is 6.96. The monoisotopic (exact) mass is 467 g/mol. The Labute approximate surface area is 196 Å². The molecule has 0 aliphatic heterocycles. The molecule has 0 radical (unpaired) electrons. The number of methoxy groups -OCH3 is 2. The first-order valence-corrected chi connectivity index (χ1v) is 10.2. The zero-order valence-corrected chi connectivity index (χ0v) is 18.8. The van der Waals surface area contributed by atoms with Crippen LogP contribution in [0.4, 0.5) is 5.69 Å². The molecule has 3 aromatic rings. The second-order valence-corrected chi connectivity index (χ2v) is 7.07. The molecule has 0 bridgehead atoms. The molecule has 0 atom stereocenters. The second-order valence-electron chi connectivity index (χ2n) is 6.66. The summed E-state index contributed by atoms with van der Waals surface area (Å²) in [6.45, 7) is -0.234. The van der Waals surface area contributed by atoms with Gasteiger partial charge in [-0.25, -0.2) is 5.43 Å². The molecule has 0 saturated heterocycles. The Hall–Kier alpha value is -4.04. The summed E-state index contributed by atoms with van der Waals surface area (Å²) in [6, 6.07) is 18.7. The molecule has 0 unspecified atom stereocenters. The molecule has 33 heavy (non-hydrogen) atoms. The highest BCUT2D eigenvalue weighted by molar-refractivity contribution is 6.32. The van der Waals surface area contributed by atoms with E-state index in [2.05, 4.69) is 15.8 Å². The van der Waals surface area contributed by atoms with Gasteiger partial charge in [0.15, 0.2) is 6.61 Å². The molecule has 0 spiro atoms. The van der Waals surface area contributed by atoms with Gasteiger partial charge in [0.05, 0.1) is 31.1 Å². The van der Waals surface area contributed by atoms with Gasteiger partial charge in [-0.3, -0.25) is 9.59 Å². The highest BCUT2D eigenvalue weighted by Gasteiger charge is 2.10. The zero-order valence-electron chi connectivity index (χ0n) is 18.0. The van der Waals surface area contributed by atoms with Crippen LogP contribution in [-0.2, 0) is 4.79 Å². The highest BCUT2D eigenvalue weighted by Crippen LogP contribution is 2.26. The molecule has 2 N–H and O–H groups in total. The number of anilines is 1. The van der Waals surface area contributed by atoms with Crippen molar-refractivity contribution in [2.45, 2.75) is 0 Å². The first kappa shape index (κ1) is 23.6. The van der Waals surface area contributed by atoms with Crippen molar-refractivity contribution < 1.29 is 23.8 Å². The number of rotatable bonds is 9. The van der Waals surface area contributed by atoms with Crippen LogP contribution in [0.1, 0.15) is 15.9 Å². The van der Waals surface area contributed by atoms with Crippen molar-refractivity contribution in [1.82, 2.24) is 5.43 Å². The molecule has 0 fully saturated rings. The summed E-state index contributed by atoms with van der Waals surface area (Å²) >= 11 is 6.25. The third-order valence-corrected chi connectivity index (χ3v) is 4.70. The van der Waals surface area contributed by atoms with Crippen LogP contribution in [0.15, 0.2) is 71.8 Å². The zero-order chi connectivity index (χ0) is 23.6. The Kier molecular flexibility index (Phi) is 8.26. The van der Waals surface area contributed by atoms with Crippen LogP contribution in [-0.4, -0.2) is 38.9 Å². The van der Waals surface area contributed by atoms with Crippen molar-refractivity contribution in [3.8, 4) is 17.2 Å². The number of para-hydroxylation sites is 2. The van der Waals surface area contributed by atoms with Gasteiger partial charge in [0, 0.05) is 5.56 Å². The lowest BCUT2D eigenvalue weighted by Crippen LogP contribution is -2.20. The number of hydrogen-bond acceptors (Lipinski definition) is 6. The predicted octanol–water partition coefficient (Wildman–Crippen LogP) is 4.14. The Morgan fingerprint density at radius 1 is 0.970 bits per heavy atom. The number of ether oxygens (including phenoxy) is 3. The van der Waals surface area contributed by atoms with Crippen LogP contribution in [0, 0.1) is 0 Å². The maximum Gasteiger partial charge on any atom is 0.271 e. The fourth-order valence-electron chi connectivity index (χ4n) is 2.79. The summed E-state index contributed by atoms with van der Waals surface area (Å²) in [5.74, 6) is 0.722. The summed E-state index contributed by atoms with van der Waals surface area (Å²) in [5.41, 5.74) is 4.04. The maximum absolute atomic E-state index is 12.2. The Balaban J connectivity index is 1.53. The van der Waals surface area contributed by atoms with E-state index in [4.69, 9.17) is 25.8 Å². The molecule has 8 nitrogen and oxygen atoms in total. The van der Waals surface area contributed by atoms with E-state index in [1.807, 2.05) is 0 Å². The molecule has 0 aliphatic carbocycles.